The van der Waals surface area contributed by atoms with E-state index in [4.69, 9.17) is 0 Å². The lowest BCUT2D eigenvalue weighted by molar-refractivity contribution is -0.0369. The summed E-state index contributed by atoms with van der Waals surface area (Å²) in [7, 11) is 0. The van der Waals surface area contributed by atoms with Crippen LogP contribution in [0.1, 0.15) is 59.3 Å². The standard InChI is InChI=1S/C15H25NO/c1-4-14(2,10-16)13-8-7-11-12(17)6-5-9-15(11,13)3/h11-13,17H,4-9H2,1-3H3/t11-,12-,13+,14?,15-/m0/s1. The van der Waals surface area contributed by atoms with Crippen molar-refractivity contribution < 1.29 is 5.11 Å². The average molecular weight is 235 g/mol. The van der Waals surface area contributed by atoms with Gasteiger partial charge in [0, 0.05) is 0 Å². The van der Waals surface area contributed by atoms with Gasteiger partial charge in [0.05, 0.1) is 17.6 Å². The average Bonchev–Trinajstić information content (AvgIpc) is 2.67. The van der Waals surface area contributed by atoms with Crippen LogP contribution < -0.4 is 0 Å². The summed E-state index contributed by atoms with van der Waals surface area (Å²) in [6, 6.07) is 2.56. The minimum atomic E-state index is -0.208. The molecule has 0 radical (unpaired) electrons. The predicted molar refractivity (Wildman–Crippen MR) is 68.2 cm³/mol. The molecule has 1 unspecified atom stereocenters. The van der Waals surface area contributed by atoms with E-state index < -0.39 is 0 Å². The number of aliphatic hydroxyl groups is 1. The van der Waals surface area contributed by atoms with Gasteiger partial charge in [-0.2, -0.15) is 5.26 Å². The van der Waals surface area contributed by atoms with Crippen LogP contribution in [0.15, 0.2) is 0 Å². The van der Waals surface area contributed by atoms with Gasteiger partial charge in [-0.15, -0.1) is 0 Å². The van der Waals surface area contributed by atoms with Crippen molar-refractivity contribution in [2.75, 3.05) is 0 Å². The summed E-state index contributed by atoms with van der Waals surface area (Å²) in [4.78, 5) is 0. The maximum Gasteiger partial charge on any atom is 0.0689 e. The van der Waals surface area contributed by atoms with Gasteiger partial charge in [-0.25, -0.2) is 0 Å². The van der Waals surface area contributed by atoms with Gasteiger partial charge in [0.2, 0.25) is 0 Å². The summed E-state index contributed by atoms with van der Waals surface area (Å²) >= 11 is 0. The van der Waals surface area contributed by atoms with E-state index in [1.807, 2.05) is 0 Å². The Kier molecular flexibility index (Phi) is 3.25. The van der Waals surface area contributed by atoms with E-state index in [1.165, 1.54) is 6.42 Å². The summed E-state index contributed by atoms with van der Waals surface area (Å²) < 4.78 is 0. The SMILES string of the molecule is CCC(C)(C#N)[C@H]1CC[C@H]2[C@@H](O)CCC[C@]12C. The van der Waals surface area contributed by atoms with Gasteiger partial charge in [0.25, 0.3) is 0 Å². The third-order valence-electron chi connectivity index (χ3n) is 5.85. The maximum absolute atomic E-state index is 10.2. The maximum atomic E-state index is 10.2. The van der Waals surface area contributed by atoms with Crippen LogP contribution in [-0.2, 0) is 0 Å². The molecule has 0 amide bonds. The lowest BCUT2D eigenvalue weighted by atomic mass is 9.57. The molecular weight excluding hydrogens is 210 g/mol. The Bertz CT molecular complexity index is 334. The molecule has 2 nitrogen and oxygen atoms in total. The van der Waals surface area contributed by atoms with Gasteiger partial charge in [0.1, 0.15) is 0 Å². The molecule has 0 aromatic heterocycles. The Morgan fingerprint density at radius 3 is 2.71 bits per heavy atom. The summed E-state index contributed by atoms with van der Waals surface area (Å²) in [6.07, 6.45) is 6.30. The van der Waals surface area contributed by atoms with E-state index in [2.05, 4.69) is 26.8 Å². The molecule has 2 aliphatic carbocycles. The van der Waals surface area contributed by atoms with Gasteiger partial charge in [-0.1, -0.05) is 20.3 Å². The van der Waals surface area contributed by atoms with E-state index in [0.717, 1.165) is 32.1 Å². The number of aliphatic hydroxyl groups excluding tert-OH is 1. The Balaban J connectivity index is 2.30. The quantitative estimate of drug-likeness (QED) is 0.796. The third kappa shape index (κ3) is 1.80. The summed E-state index contributed by atoms with van der Waals surface area (Å²) in [5.41, 5.74) is -0.0152. The predicted octanol–water partition coefficient (Wildman–Crippen LogP) is 3.50. The van der Waals surface area contributed by atoms with Gasteiger partial charge >= 0.3 is 0 Å². The second kappa shape index (κ2) is 4.28. The largest absolute Gasteiger partial charge is 0.393 e. The molecule has 5 atom stereocenters. The molecule has 0 aromatic carbocycles. The fourth-order valence-electron chi connectivity index (χ4n) is 4.60. The van der Waals surface area contributed by atoms with E-state index in [9.17, 15) is 10.4 Å². The molecule has 0 heterocycles. The molecular formula is C15H25NO. The molecule has 0 aliphatic heterocycles. The highest BCUT2D eigenvalue weighted by Gasteiger charge is 2.56. The molecule has 1 N–H and O–H groups in total. The number of rotatable bonds is 2. The van der Waals surface area contributed by atoms with Crippen molar-refractivity contribution in [3.63, 3.8) is 0 Å². The van der Waals surface area contributed by atoms with Gasteiger partial charge in [0.15, 0.2) is 0 Å². The second-order valence-corrected chi connectivity index (χ2v) is 6.58. The van der Waals surface area contributed by atoms with Gasteiger partial charge < -0.3 is 5.11 Å². The zero-order valence-electron chi connectivity index (χ0n) is 11.4. The van der Waals surface area contributed by atoms with Crippen LogP contribution >= 0.6 is 0 Å². The lowest BCUT2D eigenvalue weighted by Gasteiger charge is -2.47. The van der Waals surface area contributed by atoms with Gasteiger partial charge in [-0.3, -0.25) is 0 Å². The zero-order valence-corrected chi connectivity index (χ0v) is 11.4. The highest BCUT2D eigenvalue weighted by Crippen LogP contribution is 2.61. The monoisotopic (exact) mass is 235 g/mol. The zero-order chi connectivity index (χ0) is 12.7. The van der Waals surface area contributed by atoms with Gasteiger partial charge in [-0.05, 0) is 56.3 Å². The Morgan fingerprint density at radius 1 is 1.41 bits per heavy atom. The molecule has 0 saturated heterocycles. The van der Waals surface area contributed by atoms with Crippen molar-refractivity contribution in [1.82, 2.24) is 0 Å². The molecule has 2 fully saturated rings. The highest BCUT2D eigenvalue weighted by atomic mass is 16.3. The van der Waals surface area contributed by atoms with Crippen LogP contribution in [0.4, 0.5) is 0 Å². The van der Waals surface area contributed by atoms with Crippen LogP contribution in [0, 0.1) is 34.0 Å². The van der Waals surface area contributed by atoms with Crippen molar-refractivity contribution in [2.45, 2.75) is 65.4 Å². The van der Waals surface area contributed by atoms with Crippen LogP contribution in [-0.4, -0.2) is 11.2 Å². The van der Waals surface area contributed by atoms with E-state index in [1.54, 1.807) is 0 Å². The van der Waals surface area contributed by atoms with Crippen LogP contribution in [0.5, 0.6) is 0 Å². The Morgan fingerprint density at radius 2 is 2.12 bits per heavy atom. The van der Waals surface area contributed by atoms with Crippen LogP contribution in [0.25, 0.3) is 0 Å². The molecule has 2 aliphatic rings. The molecule has 2 heteroatoms. The number of fused-ring (bicyclic) bond motifs is 1. The number of nitriles is 1. The molecule has 17 heavy (non-hydrogen) atoms. The molecule has 96 valence electrons. The van der Waals surface area contributed by atoms with Crippen molar-refractivity contribution >= 4 is 0 Å². The summed E-state index contributed by atoms with van der Waals surface area (Å²) in [5.74, 6) is 0.894. The van der Waals surface area contributed by atoms with E-state index in [0.29, 0.717) is 11.8 Å². The topological polar surface area (TPSA) is 44.0 Å². The van der Waals surface area contributed by atoms with Crippen LogP contribution in [0.2, 0.25) is 0 Å². The third-order valence-corrected chi connectivity index (χ3v) is 5.85. The molecule has 0 aromatic rings. The first kappa shape index (κ1) is 12.9. The van der Waals surface area contributed by atoms with Crippen molar-refractivity contribution in [3.8, 4) is 6.07 Å². The van der Waals surface area contributed by atoms with E-state index >= 15 is 0 Å². The van der Waals surface area contributed by atoms with E-state index in [-0.39, 0.29) is 16.9 Å². The van der Waals surface area contributed by atoms with Crippen molar-refractivity contribution in [2.24, 2.45) is 22.7 Å². The summed E-state index contributed by atoms with van der Waals surface area (Å²) in [5, 5.41) is 19.7. The van der Waals surface area contributed by atoms with Crippen LogP contribution in [0.3, 0.4) is 0 Å². The first-order valence-electron chi connectivity index (χ1n) is 7.07. The number of hydrogen-bond donors (Lipinski definition) is 1. The molecule has 2 saturated carbocycles. The Labute approximate surface area is 105 Å². The fraction of sp³-hybridized carbons (Fsp3) is 0.933. The number of hydrogen-bond acceptors (Lipinski definition) is 2. The van der Waals surface area contributed by atoms with Crippen molar-refractivity contribution in [1.29, 1.82) is 5.26 Å². The molecule has 2 rings (SSSR count). The minimum absolute atomic E-state index is 0.126. The minimum Gasteiger partial charge on any atom is -0.393 e. The molecule has 0 bridgehead atoms. The smallest absolute Gasteiger partial charge is 0.0689 e. The molecule has 0 spiro atoms. The lowest BCUT2D eigenvalue weighted by Crippen LogP contribution is -2.44. The highest BCUT2D eigenvalue weighted by molar-refractivity contribution is 5.11. The first-order valence-corrected chi connectivity index (χ1v) is 7.07. The summed E-state index contributed by atoms with van der Waals surface area (Å²) in [6.45, 7) is 6.56. The second-order valence-electron chi connectivity index (χ2n) is 6.58. The number of nitrogens with zero attached hydrogens (tertiary/aromatic N) is 1. The van der Waals surface area contributed by atoms with Crippen molar-refractivity contribution in [3.05, 3.63) is 0 Å². The normalized spacial score (nSPS) is 44.8. The first-order chi connectivity index (χ1) is 7.98. The fourth-order valence-corrected chi connectivity index (χ4v) is 4.60. The Hall–Kier alpha value is -0.550.